The van der Waals surface area contributed by atoms with Crippen LogP contribution in [0.25, 0.3) is 5.76 Å². The number of hydrogen-bond acceptors (Lipinski definition) is 6. The number of ketones is 1. The Labute approximate surface area is 190 Å². The van der Waals surface area contributed by atoms with E-state index in [0.29, 0.717) is 11.5 Å². The number of amides is 1. The van der Waals surface area contributed by atoms with Gasteiger partial charge in [0.15, 0.2) is 0 Å². The maximum absolute atomic E-state index is 13.3. The van der Waals surface area contributed by atoms with Crippen molar-refractivity contribution < 1.29 is 24.2 Å². The van der Waals surface area contributed by atoms with E-state index in [2.05, 4.69) is 0 Å². The molecule has 32 heavy (non-hydrogen) atoms. The number of carbonyl (C=O) groups excluding carboxylic acids is 2. The van der Waals surface area contributed by atoms with Crippen LogP contribution in [-0.4, -0.2) is 35.9 Å². The minimum Gasteiger partial charge on any atom is -0.506 e. The zero-order valence-electron chi connectivity index (χ0n) is 18.0. The van der Waals surface area contributed by atoms with Crippen molar-refractivity contribution in [2.45, 2.75) is 19.5 Å². The van der Waals surface area contributed by atoms with Crippen molar-refractivity contribution in [2.75, 3.05) is 14.2 Å². The molecule has 1 atom stereocenters. The molecule has 4 rings (SSSR count). The number of likely N-dealkylation sites (tertiary alicyclic amines) is 1. The van der Waals surface area contributed by atoms with Crippen LogP contribution in [0.4, 0.5) is 0 Å². The first-order valence-corrected chi connectivity index (χ1v) is 10.9. The van der Waals surface area contributed by atoms with Crippen molar-refractivity contribution in [1.29, 1.82) is 0 Å². The SMILES string of the molecule is COc1cccc(OC)c1/C(O)=C1\C(=O)C(=O)N(Cc2cccs2)C1c1ccccc1C. The highest BCUT2D eigenvalue weighted by Crippen LogP contribution is 2.44. The van der Waals surface area contributed by atoms with Gasteiger partial charge >= 0.3 is 0 Å². The molecular formula is C25H23NO5S. The van der Waals surface area contributed by atoms with E-state index in [4.69, 9.17) is 9.47 Å². The van der Waals surface area contributed by atoms with Gasteiger partial charge in [0.05, 0.1) is 32.4 Å². The van der Waals surface area contributed by atoms with Crippen LogP contribution in [0.1, 0.15) is 27.6 Å². The first-order valence-electron chi connectivity index (χ1n) is 10.1. The molecule has 1 aliphatic heterocycles. The van der Waals surface area contributed by atoms with Gasteiger partial charge in [-0.3, -0.25) is 9.59 Å². The summed E-state index contributed by atoms with van der Waals surface area (Å²) in [5.74, 6) is -1.02. The Morgan fingerprint density at radius 3 is 2.28 bits per heavy atom. The number of Topliss-reactive ketones (excluding diaryl/α,β-unsaturated/α-hetero) is 1. The van der Waals surface area contributed by atoms with Crippen LogP contribution in [0.3, 0.4) is 0 Å². The predicted molar refractivity (Wildman–Crippen MR) is 123 cm³/mol. The molecular weight excluding hydrogens is 426 g/mol. The van der Waals surface area contributed by atoms with E-state index in [1.807, 2.05) is 48.7 Å². The number of nitrogens with zero attached hydrogens (tertiary/aromatic N) is 1. The summed E-state index contributed by atoms with van der Waals surface area (Å²) >= 11 is 1.51. The van der Waals surface area contributed by atoms with Crippen molar-refractivity contribution in [3.05, 3.63) is 87.1 Å². The number of aryl methyl sites for hydroxylation is 1. The van der Waals surface area contributed by atoms with Crippen LogP contribution in [0.5, 0.6) is 11.5 Å². The lowest BCUT2D eigenvalue weighted by atomic mass is 9.92. The smallest absolute Gasteiger partial charge is 0.295 e. The van der Waals surface area contributed by atoms with E-state index in [1.54, 1.807) is 18.2 Å². The monoisotopic (exact) mass is 449 g/mol. The molecule has 6 nitrogen and oxygen atoms in total. The van der Waals surface area contributed by atoms with E-state index < -0.39 is 17.7 Å². The maximum Gasteiger partial charge on any atom is 0.295 e. The Morgan fingerprint density at radius 1 is 1.00 bits per heavy atom. The molecule has 7 heteroatoms. The van der Waals surface area contributed by atoms with Crippen LogP contribution in [-0.2, 0) is 16.1 Å². The molecule has 0 bridgehead atoms. The van der Waals surface area contributed by atoms with Crippen molar-refractivity contribution in [3.8, 4) is 11.5 Å². The van der Waals surface area contributed by atoms with Gasteiger partial charge in [0, 0.05) is 4.88 Å². The third-order valence-corrected chi connectivity index (χ3v) is 6.46. The summed E-state index contributed by atoms with van der Waals surface area (Å²) in [4.78, 5) is 28.9. The second-order valence-corrected chi connectivity index (χ2v) is 8.43. The van der Waals surface area contributed by atoms with Gasteiger partial charge in [-0.2, -0.15) is 0 Å². The van der Waals surface area contributed by atoms with Gasteiger partial charge in [-0.1, -0.05) is 36.4 Å². The Kier molecular flexibility index (Phi) is 6.01. The Morgan fingerprint density at radius 2 is 1.69 bits per heavy atom. The molecule has 1 amide bonds. The summed E-state index contributed by atoms with van der Waals surface area (Å²) in [6, 6.07) is 15.7. The molecule has 0 radical (unpaired) electrons. The van der Waals surface area contributed by atoms with Gasteiger partial charge in [0.2, 0.25) is 0 Å². The predicted octanol–water partition coefficient (Wildman–Crippen LogP) is 4.70. The minimum atomic E-state index is -0.743. The topological polar surface area (TPSA) is 76.1 Å². The number of rotatable bonds is 6. The fraction of sp³-hybridized carbons (Fsp3) is 0.200. The lowest BCUT2D eigenvalue weighted by Crippen LogP contribution is -2.29. The molecule has 0 spiro atoms. The van der Waals surface area contributed by atoms with Crippen LogP contribution in [0, 0.1) is 6.92 Å². The highest BCUT2D eigenvalue weighted by atomic mass is 32.1. The first-order chi connectivity index (χ1) is 15.5. The molecule has 2 heterocycles. The molecule has 1 aromatic heterocycles. The summed E-state index contributed by atoms with van der Waals surface area (Å²) in [5.41, 5.74) is 1.95. The Bertz CT molecular complexity index is 1180. The number of benzene rings is 2. The number of carbonyl (C=O) groups is 2. The van der Waals surface area contributed by atoms with Gasteiger partial charge in [-0.15, -0.1) is 11.3 Å². The van der Waals surface area contributed by atoms with Crippen molar-refractivity contribution in [2.24, 2.45) is 0 Å². The number of ether oxygens (including phenoxy) is 2. The third-order valence-electron chi connectivity index (χ3n) is 5.59. The quantitative estimate of drug-likeness (QED) is 0.336. The first kappa shape index (κ1) is 21.6. The largest absolute Gasteiger partial charge is 0.506 e. The molecule has 1 aliphatic rings. The molecule has 1 fully saturated rings. The third kappa shape index (κ3) is 3.65. The molecule has 3 aromatic rings. The van der Waals surface area contributed by atoms with Gasteiger partial charge in [0.1, 0.15) is 22.8 Å². The zero-order valence-corrected chi connectivity index (χ0v) is 18.8. The number of methoxy groups -OCH3 is 2. The fourth-order valence-electron chi connectivity index (χ4n) is 4.05. The van der Waals surface area contributed by atoms with E-state index >= 15 is 0 Å². The van der Waals surface area contributed by atoms with Crippen molar-refractivity contribution in [1.82, 2.24) is 4.90 Å². The van der Waals surface area contributed by atoms with Gasteiger partial charge in [-0.25, -0.2) is 0 Å². The number of aliphatic hydroxyl groups is 1. The van der Waals surface area contributed by atoms with E-state index in [9.17, 15) is 14.7 Å². The van der Waals surface area contributed by atoms with Crippen LogP contribution in [0.2, 0.25) is 0 Å². The zero-order chi connectivity index (χ0) is 22.8. The molecule has 1 N–H and O–H groups in total. The lowest BCUT2D eigenvalue weighted by Gasteiger charge is -2.26. The molecule has 2 aromatic carbocycles. The van der Waals surface area contributed by atoms with E-state index in [0.717, 1.165) is 16.0 Å². The van der Waals surface area contributed by atoms with E-state index in [1.165, 1.54) is 30.5 Å². The average Bonchev–Trinajstić information content (AvgIpc) is 3.41. The summed E-state index contributed by atoms with van der Waals surface area (Å²) in [6.45, 7) is 2.19. The minimum absolute atomic E-state index is 0.0173. The summed E-state index contributed by atoms with van der Waals surface area (Å²) in [7, 11) is 2.94. The van der Waals surface area contributed by atoms with Crippen LogP contribution >= 0.6 is 11.3 Å². The average molecular weight is 450 g/mol. The standard InChI is InChI=1S/C25H23NO5S/c1-15-8-4-5-10-17(15)22-21(23(27)20-18(30-2)11-6-12-19(20)31-3)24(28)25(29)26(22)14-16-9-7-13-32-16/h4-13,22,27H,14H2,1-3H3/b23-21+. The van der Waals surface area contributed by atoms with Crippen LogP contribution in [0.15, 0.2) is 65.6 Å². The van der Waals surface area contributed by atoms with Gasteiger partial charge in [-0.05, 0) is 41.6 Å². The van der Waals surface area contributed by atoms with E-state index in [-0.39, 0.29) is 23.4 Å². The molecule has 164 valence electrons. The van der Waals surface area contributed by atoms with Crippen molar-refractivity contribution >= 4 is 28.8 Å². The number of thiophene rings is 1. The molecule has 1 saturated heterocycles. The highest BCUT2D eigenvalue weighted by Gasteiger charge is 2.47. The molecule has 0 saturated carbocycles. The summed E-state index contributed by atoms with van der Waals surface area (Å²) in [6.07, 6.45) is 0. The maximum atomic E-state index is 13.3. The highest BCUT2D eigenvalue weighted by molar-refractivity contribution is 7.09. The van der Waals surface area contributed by atoms with Gasteiger partial charge in [0.25, 0.3) is 11.7 Å². The van der Waals surface area contributed by atoms with Crippen molar-refractivity contribution in [3.63, 3.8) is 0 Å². The van der Waals surface area contributed by atoms with Crippen LogP contribution < -0.4 is 9.47 Å². The second kappa shape index (κ2) is 8.88. The Balaban J connectivity index is 1.96. The normalized spacial score (nSPS) is 17.6. The number of aliphatic hydroxyl groups excluding tert-OH is 1. The Hall–Kier alpha value is -3.58. The summed E-state index contributed by atoms with van der Waals surface area (Å²) in [5, 5.41) is 13.3. The lowest BCUT2D eigenvalue weighted by molar-refractivity contribution is -0.140. The molecule has 1 unspecified atom stereocenters. The van der Waals surface area contributed by atoms with Gasteiger partial charge < -0.3 is 19.5 Å². The fourth-order valence-corrected chi connectivity index (χ4v) is 4.75. The second-order valence-electron chi connectivity index (χ2n) is 7.40. The molecule has 0 aliphatic carbocycles. The number of hydrogen-bond donors (Lipinski definition) is 1. The summed E-state index contributed by atoms with van der Waals surface area (Å²) < 4.78 is 10.9.